The van der Waals surface area contributed by atoms with E-state index in [1.807, 2.05) is 0 Å². The third kappa shape index (κ3) is 2.98. The van der Waals surface area contributed by atoms with Crippen molar-refractivity contribution in [1.29, 1.82) is 0 Å². The van der Waals surface area contributed by atoms with Crippen molar-refractivity contribution in [2.24, 2.45) is 12.5 Å². The molecule has 2 rings (SSSR count). The molecule has 7 nitrogen and oxygen atoms in total. The van der Waals surface area contributed by atoms with Crippen molar-refractivity contribution >= 4 is 11.6 Å². The number of amides is 1. The number of hydrogen-bond donors (Lipinski definition) is 0. The Morgan fingerprint density at radius 3 is 2.64 bits per heavy atom. The molecule has 2 heterocycles. The monoisotopic (exact) mass is 308 g/mol. The quantitative estimate of drug-likeness (QED) is 0.632. The Kier molecular flexibility index (Phi) is 4.83. The van der Waals surface area contributed by atoms with Gasteiger partial charge < -0.3 is 4.90 Å². The highest BCUT2D eigenvalue weighted by molar-refractivity contribution is 5.96. The first kappa shape index (κ1) is 16.5. The molecule has 1 aromatic rings. The van der Waals surface area contributed by atoms with E-state index in [4.69, 9.17) is 0 Å². The van der Waals surface area contributed by atoms with Crippen molar-refractivity contribution < 1.29 is 9.72 Å². The lowest BCUT2D eigenvalue weighted by Gasteiger charge is -2.30. The maximum Gasteiger partial charge on any atom is 0.320 e. The van der Waals surface area contributed by atoms with Gasteiger partial charge in [0.2, 0.25) is 5.69 Å². The van der Waals surface area contributed by atoms with Crippen LogP contribution in [0, 0.1) is 15.5 Å². The van der Waals surface area contributed by atoms with E-state index in [0.29, 0.717) is 18.5 Å². The minimum Gasteiger partial charge on any atom is -0.337 e. The van der Waals surface area contributed by atoms with Crippen LogP contribution in [0.2, 0.25) is 0 Å². The van der Waals surface area contributed by atoms with Gasteiger partial charge in [-0.1, -0.05) is 26.7 Å². The molecule has 1 aromatic heterocycles. The van der Waals surface area contributed by atoms with Gasteiger partial charge in [-0.15, -0.1) is 0 Å². The summed E-state index contributed by atoms with van der Waals surface area (Å²) in [5.74, 6) is -0.283. The maximum atomic E-state index is 12.7. The first-order chi connectivity index (χ1) is 10.4. The molecule has 0 radical (unpaired) electrons. The predicted molar refractivity (Wildman–Crippen MR) is 82.6 cm³/mol. The smallest absolute Gasteiger partial charge is 0.320 e. The molecule has 1 aliphatic heterocycles. The lowest BCUT2D eigenvalue weighted by molar-refractivity contribution is -0.385. The lowest BCUT2D eigenvalue weighted by atomic mass is 9.76. The largest absolute Gasteiger partial charge is 0.337 e. The number of nitro groups is 1. The summed E-state index contributed by atoms with van der Waals surface area (Å²) < 4.78 is 1.30. The number of nitrogens with zero attached hydrogens (tertiary/aromatic N) is 4. The van der Waals surface area contributed by atoms with Crippen molar-refractivity contribution in [1.82, 2.24) is 14.7 Å². The van der Waals surface area contributed by atoms with Gasteiger partial charge in [-0.3, -0.25) is 19.6 Å². The Balaban J connectivity index is 2.21. The summed E-state index contributed by atoms with van der Waals surface area (Å²) in [6, 6.07) is 0. The molecule has 0 aromatic carbocycles. The molecular weight excluding hydrogens is 284 g/mol. The third-order valence-corrected chi connectivity index (χ3v) is 5.15. The van der Waals surface area contributed by atoms with E-state index in [1.165, 1.54) is 4.68 Å². The van der Waals surface area contributed by atoms with Gasteiger partial charge in [-0.2, -0.15) is 5.10 Å². The topological polar surface area (TPSA) is 81.3 Å². The summed E-state index contributed by atoms with van der Waals surface area (Å²) >= 11 is 0. The summed E-state index contributed by atoms with van der Waals surface area (Å²) in [6.45, 7) is 5.71. The molecule has 0 N–H and O–H groups in total. The SMILES string of the molecule is CCC1(CC)CCCN(C(=O)c2c([N+](=O)[O-])cnn2C)CC1. The Bertz CT molecular complexity index is 563. The van der Waals surface area contributed by atoms with E-state index >= 15 is 0 Å². The van der Waals surface area contributed by atoms with Gasteiger partial charge in [0.05, 0.1) is 4.92 Å². The first-order valence-electron chi connectivity index (χ1n) is 7.90. The van der Waals surface area contributed by atoms with Crippen molar-refractivity contribution in [2.45, 2.75) is 46.0 Å². The Hall–Kier alpha value is -1.92. The molecule has 0 bridgehead atoms. The van der Waals surface area contributed by atoms with Crippen LogP contribution in [0.25, 0.3) is 0 Å². The van der Waals surface area contributed by atoms with Gasteiger partial charge in [0.15, 0.2) is 0 Å². The molecule has 0 saturated carbocycles. The highest BCUT2D eigenvalue weighted by Gasteiger charge is 2.34. The van der Waals surface area contributed by atoms with Crippen LogP contribution < -0.4 is 0 Å². The molecule has 122 valence electrons. The van der Waals surface area contributed by atoms with Gasteiger partial charge in [0.1, 0.15) is 6.20 Å². The molecule has 1 aliphatic rings. The van der Waals surface area contributed by atoms with Crippen molar-refractivity contribution in [3.8, 4) is 0 Å². The zero-order chi connectivity index (χ0) is 16.3. The van der Waals surface area contributed by atoms with Gasteiger partial charge in [0.25, 0.3) is 5.91 Å². The standard InChI is InChI=1S/C15H24N4O3/c1-4-15(5-2)7-6-9-18(10-8-15)14(20)13-12(19(21)22)11-16-17(13)3/h11H,4-10H2,1-3H3. The number of hydrogen-bond acceptors (Lipinski definition) is 4. The second-order valence-corrected chi connectivity index (χ2v) is 6.11. The molecule has 0 unspecified atom stereocenters. The predicted octanol–water partition coefficient (Wildman–Crippen LogP) is 2.76. The first-order valence-corrected chi connectivity index (χ1v) is 7.90. The highest BCUT2D eigenvalue weighted by Crippen LogP contribution is 2.38. The number of likely N-dealkylation sites (tertiary alicyclic amines) is 1. The second-order valence-electron chi connectivity index (χ2n) is 6.11. The zero-order valence-electron chi connectivity index (χ0n) is 13.5. The normalized spacial score (nSPS) is 18.0. The van der Waals surface area contributed by atoms with Crippen molar-refractivity contribution in [3.63, 3.8) is 0 Å². The maximum absolute atomic E-state index is 12.7. The molecule has 1 saturated heterocycles. The average molecular weight is 308 g/mol. The fourth-order valence-corrected chi connectivity index (χ4v) is 3.37. The minimum atomic E-state index is -0.541. The van der Waals surface area contributed by atoms with E-state index in [-0.39, 0.29) is 17.3 Å². The van der Waals surface area contributed by atoms with Crippen LogP contribution >= 0.6 is 0 Å². The molecule has 7 heteroatoms. The van der Waals surface area contributed by atoms with Crippen LogP contribution in [0.15, 0.2) is 6.20 Å². The van der Waals surface area contributed by atoms with Crippen LogP contribution in [0.1, 0.15) is 56.4 Å². The summed E-state index contributed by atoms with van der Waals surface area (Å²) in [5.41, 5.74) is 0.160. The van der Waals surface area contributed by atoms with Crippen LogP contribution in [-0.4, -0.2) is 38.6 Å². The van der Waals surface area contributed by atoms with Gasteiger partial charge in [-0.05, 0) is 24.7 Å². The molecular formula is C15H24N4O3. The summed E-state index contributed by atoms with van der Waals surface area (Å²) in [7, 11) is 1.57. The van der Waals surface area contributed by atoms with Crippen LogP contribution in [-0.2, 0) is 7.05 Å². The van der Waals surface area contributed by atoms with Gasteiger partial charge >= 0.3 is 5.69 Å². The number of aryl methyl sites for hydroxylation is 1. The number of carbonyl (C=O) groups is 1. The van der Waals surface area contributed by atoms with Crippen molar-refractivity contribution in [2.75, 3.05) is 13.1 Å². The second kappa shape index (κ2) is 6.46. The van der Waals surface area contributed by atoms with Crippen molar-refractivity contribution in [3.05, 3.63) is 22.0 Å². The molecule has 1 fully saturated rings. The van der Waals surface area contributed by atoms with E-state index in [9.17, 15) is 14.9 Å². The van der Waals surface area contributed by atoms with E-state index in [0.717, 1.165) is 38.3 Å². The van der Waals surface area contributed by atoms with Crippen LogP contribution in [0.5, 0.6) is 0 Å². The van der Waals surface area contributed by atoms with Crippen LogP contribution in [0.3, 0.4) is 0 Å². The van der Waals surface area contributed by atoms with E-state index in [2.05, 4.69) is 18.9 Å². The Morgan fingerprint density at radius 2 is 2.05 bits per heavy atom. The van der Waals surface area contributed by atoms with Crippen LogP contribution in [0.4, 0.5) is 5.69 Å². The number of rotatable bonds is 4. The average Bonchev–Trinajstić information content (AvgIpc) is 2.77. The van der Waals surface area contributed by atoms with E-state index in [1.54, 1.807) is 11.9 Å². The summed E-state index contributed by atoms with van der Waals surface area (Å²) in [6.07, 6.45) is 6.37. The minimum absolute atomic E-state index is 0.0745. The fourth-order valence-electron chi connectivity index (χ4n) is 3.37. The molecule has 22 heavy (non-hydrogen) atoms. The van der Waals surface area contributed by atoms with Gasteiger partial charge in [-0.25, -0.2) is 0 Å². The number of carbonyl (C=O) groups excluding carboxylic acids is 1. The summed E-state index contributed by atoms with van der Waals surface area (Å²) in [5, 5.41) is 14.9. The zero-order valence-corrected chi connectivity index (χ0v) is 13.5. The fraction of sp³-hybridized carbons (Fsp3) is 0.733. The number of aromatic nitrogens is 2. The van der Waals surface area contributed by atoms with E-state index < -0.39 is 4.92 Å². The molecule has 0 spiro atoms. The Labute approximate surface area is 130 Å². The highest BCUT2D eigenvalue weighted by atomic mass is 16.6. The summed E-state index contributed by atoms with van der Waals surface area (Å²) in [4.78, 5) is 25.0. The Morgan fingerprint density at radius 1 is 1.36 bits per heavy atom. The molecule has 1 amide bonds. The van der Waals surface area contributed by atoms with Gasteiger partial charge in [0, 0.05) is 20.1 Å². The third-order valence-electron chi connectivity index (χ3n) is 5.15. The lowest BCUT2D eigenvalue weighted by Crippen LogP contribution is -2.34. The molecule has 0 aliphatic carbocycles. The molecule has 0 atom stereocenters.